The standard InChI is InChI=1S/C18H15ClFN3O2.C11H9ClFN3O.C7H8BClO3/c1-10-3-5-12(8-15(10)20)16-21-17(23-18(22-16)25-2)13-7-11(9-24)4-6-14(13)19;1-6-3-4-7(5-8(6)13)9-14-10(12)16-11(15-9)17-2;9-7-2-1-5(4-10)3-6(7)8(11)12/h3-8,24H,9H2,1-2H3;3-5H,1-2H3;1-3,10-12H,4H2. The third kappa shape index (κ3) is 11.1. The lowest BCUT2D eigenvalue weighted by Crippen LogP contribution is -2.31. The molecule has 0 aliphatic heterocycles. The summed E-state index contributed by atoms with van der Waals surface area (Å²) in [6.45, 7) is 3.08. The van der Waals surface area contributed by atoms with Gasteiger partial charge in [0.1, 0.15) is 11.6 Å². The first-order valence-corrected chi connectivity index (χ1v) is 16.8. The Bertz CT molecular complexity index is 2240. The Morgan fingerprint density at radius 1 is 0.593 bits per heavy atom. The van der Waals surface area contributed by atoms with Gasteiger partial charge in [0.05, 0.1) is 32.5 Å². The first kappa shape index (κ1) is 41.9. The van der Waals surface area contributed by atoms with Crippen LogP contribution in [-0.4, -0.2) is 71.5 Å². The predicted molar refractivity (Wildman–Crippen MR) is 202 cm³/mol. The van der Waals surface area contributed by atoms with Crippen molar-refractivity contribution in [1.29, 1.82) is 0 Å². The second kappa shape index (κ2) is 19.5. The number of methoxy groups -OCH3 is 2. The molecule has 12 nitrogen and oxygen atoms in total. The molecule has 4 aromatic carbocycles. The molecule has 0 saturated heterocycles. The van der Waals surface area contributed by atoms with Crippen LogP contribution < -0.4 is 14.9 Å². The Kier molecular flexibility index (Phi) is 15.1. The molecule has 4 N–H and O–H groups in total. The molecule has 0 atom stereocenters. The molecule has 2 heterocycles. The van der Waals surface area contributed by atoms with Gasteiger partial charge in [-0.2, -0.15) is 24.9 Å². The zero-order valence-corrected chi connectivity index (χ0v) is 31.4. The van der Waals surface area contributed by atoms with Crippen LogP contribution in [0.3, 0.4) is 0 Å². The Labute approximate surface area is 324 Å². The number of benzene rings is 4. The van der Waals surface area contributed by atoms with Gasteiger partial charge in [-0.3, -0.25) is 0 Å². The number of ether oxygens (including phenoxy) is 2. The SMILES string of the molecule is COc1nc(-c2ccc(C)c(F)c2)nc(-c2cc(CO)ccc2Cl)n1.COc1nc(Cl)nc(-c2ccc(C)c(F)c2)n1.OCc1ccc(Cl)c(B(O)O)c1. The van der Waals surface area contributed by atoms with Gasteiger partial charge in [0.15, 0.2) is 17.5 Å². The van der Waals surface area contributed by atoms with Crippen LogP contribution in [0, 0.1) is 25.5 Å². The van der Waals surface area contributed by atoms with E-state index in [1.807, 2.05) is 0 Å². The molecule has 0 aliphatic rings. The highest BCUT2D eigenvalue weighted by atomic mass is 35.5. The first-order chi connectivity index (χ1) is 25.8. The number of aliphatic hydroxyl groups excluding tert-OH is 2. The maximum Gasteiger partial charge on any atom is 0.489 e. The van der Waals surface area contributed by atoms with Crippen LogP contribution in [0.4, 0.5) is 8.78 Å². The number of hydrogen-bond donors (Lipinski definition) is 4. The first-order valence-electron chi connectivity index (χ1n) is 15.7. The Morgan fingerprint density at radius 3 is 1.57 bits per heavy atom. The Hall–Kier alpha value is -4.87. The molecule has 6 rings (SSSR count). The fourth-order valence-corrected chi connectivity index (χ4v) is 5.01. The number of hydrogen-bond acceptors (Lipinski definition) is 12. The van der Waals surface area contributed by atoms with E-state index in [0.717, 1.165) is 0 Å². The van der Waals surface area contributed by atoms with Gasteiger partial charge in [-0.1, -0.05) is 65.7 Å². The third-order valence-electron chi connectivity index (χ3n) is 7.40. The summed E-state index contributed by atoms with van der Waals surface area (Å²) in [4.78, 5) is 24.5. The van der Waals surface area contributed by atoms with Crippen molar-refractivity contribution in [2.24, 2.45) is 0 Å². The number of halogens is 5. The quantitative estimate of drug-likeness (QED) is 0.133. The van der Waals surface area contributed by atoms with E-state index < -0.39 is 7.12 Å². The lowest BCUT2D eigenvalue weighted by molar-refractivity contribution is 0.281. The van der Waals surface area contributed by atoms with Crippen LogP contribution in [0.15, 0.2) is 72.8 Å². The van der Waals surface area contributed by atoms with Gasteiger partial charge in [-0.05, 0) is 78.0 Å². The maximum atomic E-state index is 13.9. The minimum Gasteiger partial charge on any atom is -0.467 e. The van der Waals surface area contributed by atoms with Gasteiger partial charge < -0.3 is 29.7 Å². The molecule has 0 bridgehead atoms. The van der Waals surface area contributed by atoms with Crippen molar-refractivity contribution in [2.75, 3.05) is 14.2 Å². The van der Waals surface area contributed by atoms with E-state index in [1.165, 1.54) is 38.5 Å². The minimum absolute atomic E-state index is 0.00725. The van der Waals surface area contributed by atoms with E-state index in [2.05, 4.69) is 29.9 Å². The Balaban J connectivity index is 0.000000194. The number of aryl methyl sites for hydroxylation is 2. The zero-order chi connectivity index (χ0) is 39.5. The highest BCUT2D eigenvalue weighted by Crippen LogP contribution is 2.29. The normalized spacial score (nSPS) is 10.5. The number of aromatic nitrogens is 6. The van der Waals surface area contributed by atoms with Crippen LogP contribution in [0.25, 0.3) is 34.2 Å². The second-order valence-corrected chi connectivity index (χ2v) is 12.3. The molecule has 280 valence electrons. The van der Waals surface area contributed by atoms with Gasteiger partial charge in [-0.25, -0.2) is 13.8 Å². The summed E-state index contributed by atoms with van der Waals surface area (Å²) in [6, 6.07) is 19.3. The van der Waals surface area contributed by atoms with E-state index >= 15 is 0 Å². The summed E-state index contributed by atoms with van der Waals surface area (Å²) in [5.41, 5.74) is 4.12. The largest absolute Gasteiger partial charge is 0.489 e. The summed E-state index contributed by atoms with van der Waals surface area (Å²) in [5.74, 6) is 0.159. The average Bonchev–Trinajstić information content (AvgIpc) is 3.17. The lowest BCUT2D eigenvalue weighted by Gasteiger charge is -2.09. The van der Waals surface area contributed by atoms with E-state index in [1.54, 1.807) is 62.4 Å². The number of rotatable bonds is 8. The monoisotopic (exact) mass is 798 g/mol. The highest BCUT2D eigenvalue weighted by molar-refractivity contribution is 6.62. The Morgan fingerprint density at radius 2 is 1.07 bits per heavy atom. The van der Waals surface area contributed by atoms with Gasteiger partial charge in [0, 0.05) is 27.2 Å². The van der Waals surface area contributed by atoms with Crippen molar-refractivity contribution >= 4 is 47.4 Å². The maximum absolute atomic E-state index is 13.9. The van der Waals surface area contributed by atoms with Gasteiger partial charge in [0.25, 0.3) is 0 Å². The van der Waals surface area contributed by atoms with Crippen molar-refractivity contribution < 1.29 is 38.5 Å². The van der Waals surface area contributed by atoms with E-state index in [0.29, 0.717) is 44.0 Å². The summed E-state index contributed by atoms with van der Waals surface area (Å²) in [5, 5.41) is 36.4. The summed E-state index contributed by atoms with van der Waals surface area (Å²) in [6.07, 6.45) is 0. The van der Waals surface area contributed by atoms with Crippen molar-refractivity contribution in [2.45, 2.75) is 27.1 Å². The predicted octanol–water partition coefficient (Wildman–Crippen LogP) is 5.97. The molecule has 0 radical (unpaired) electrons. The summed E-state index contributed by atoms with van der Waals surface area (Å²) < 4.78 is 37.3. The van der Waals surface area contributed by atoms with Crippen LogP contribution in [0.5, 0.6) is 12.0 Å². The van der Waals surface area contributed by atoms with Crippen molar-refractivity contribution in [1.82, 2.24) is 29.9 Å². The summed E-state index contributed by atoms with van der Waals surface area (Å²) >= 11 is 17.6. The van der Waals surface area contributed by atoms with E-state index in [-0.39, 0.29) is 70.1 Å². The fraction of sp³-hybridized carbons (Fsp3) is 0.167. The average molecular weight is 800 g/mol. The highest BCUT2D eigenvalue weighted by Gasteiger charge is 2.16. The summed E-state index contributed by atoms with van der Waals surface area (Å²) in [7, 11) is 1.26. The van der Waals surface area contributed by atoms with E-state index in [4.69, 9.17) is 59.4 Å². The molecule has 6 aromatic rings. The van der Waals surface area contributed by atoms with Crippen molar-refractivity contribution in [3.63, 3.8) is 0 Å². The van der Waals surface area contributed by atoms with Crippen LogP contribution in [-0.2, 0) is 13.2 Å². The fourth-order valence-electron chi connectivity index (χ4n) is 4.45. The van der Waals surface area contributed by atoms with Gasteiger partial charge in [0.2, 0.25) is 5.28 Å². The smallest absolute Gasteiger partial charge is 0.467 e. The minimum atomic E-state index is -1.59. The second-order valence-electron chi connectivity index (χ2n) is 11.2. The molecule has 2 aromatic heterocycles. The van der Waals surface area contributed by atoms with Gasteiger partial charge in [-0.15, -0.1) is 0 Å². The number of nitrogens with zero attached hydrogens (tertiary/aromatic N) is 6. The molecule has 0 aliphatic carbocycles. The molecular formula is C36H32BCl3F2N6O6. The lowest BCUT2D eigenvalue weighted by atomic mass is 9.79. The molecule has 18 heteroatoms. The molecule has 0 spiro atoms. The third-order valence-corrected chi connectivity index (χ3v) is 8.25. The van der Waals surface area contributed by atoms with Gasteiger partial charge >= 0.3 is 19.1 Å². The van der Waals surface area contributed by atoms with Crippen LogP contribution >= 0.6 is 34.8 Å². The van der Waals surface area contributed by atoms with Crippen molar-refractivity contribution in [3.05, 3.63) is 122 Å². The van der Waals surface area contributed by atoms with Crippen LogP contribution in [0.1, 0.15) is 22.3 Å². The zero-order valence-electron chi connectivity index (χ0n) is 29.1. The van der Waals surface area contributed by atoms with Crippen LogP contribution in [0.2, 0.25) is 15.3 Å². The van der Waals surface area contributed by atoms with Crippen molar-refractivity contribution in [3.8, 4) is 46.2 Å². The molecule has 0 amide bonds. The molecular weight excluding hydrogens is 768 g/mol. The molecule has 0 saturated carbocycles. The molecule has 54 heavy (non-hydrogen) atoms. The van der Waals surface area contributed by atoms with E-state index in [9.17, 15) is 13.9 Å². The molecule has 0 fully saturated rings. The topological polar surface area (TPSA) is 177 Å². The molecule has 0 unspecified atom stereocenters. The number of aliphatic hydroxyl groups is 2.